The van der Waals surface area contributed by atoms with Crippen molar-refractivity contribution in [1.82, 2.24) is 9.80 Å². The van der Waals surface area contributed by atoms with Gasteiger partial charge < -0.3 is 28.8 Å². The summed E-state index contributed by atoms with van der Waals surface area (Å²) in [7, 11) is 1.51. The zero-order valence-corrected chi connectivity index (χ0v) is 26.6. The van der Waals surface area contributed by atoms with Crippen LogP contribution in [-0.4, -0.2) is 83.6 Å². The Morgan fingerprint density at radius 1 is 1.20 bits per heavy atom. The lowest BCUT2D eigenvalue weighted by Crippen LogP contribution is -2.70. The van der Waals surface area contributed by atoms with E-state index in [0.717, 1.165) is 11.1 Å². The number of esters is 2. The van der Waals surface area contributed by atoms with Crippen molar-refractivity contribution in [3.05, 3.63) is 52.1 Å². The standard InChI is InChI=1S/C33H33N3O9S/c1-6-7-35-18-9-17-8-14(2)28(41-5)27(39)22(17)25(35)26-32-24-23(31-30(43-13-44-31)15(3)29(24)45-16(4)37)20(36(26)19(18)10-34)11-42-33(40)21(38)12-46-32/h6,8,18-20,25-26,32,39H,1,7,9,11-13H2,2-5H3/t18-,19-,20-,25-,26?,32+/m0/s1. The van der Waals surface area contributed by atoms with Crippen molar-refractivity contribution in [2.45, 2.75) is 62.7 Å². The van der Waals surface area contributed by atoms with Crippen LogP contribution in [0.3, 0.4) is 0 Å². The molecule has 2 fully saturated rings. The van der Waals surface area contributed by atoms with Crippen LogP contribution >= 0.6 is 11.8 Å². The van der Waals surface area contributed by atoms with Gasteiger partial charge in [-0.1, -0.05) is 12.1 Å². The SMILES string of the molecule is C=CCN1[C@H]2c3c(cc(C)c(OC)c3O)C[C@H]1[C@H](C#N)N1C2[C@@H]2SCC(=O)C(=O)OC[C@H]1c1c3c(c(C)c(OC(C)=O)c12)OCO3. The zero-order valence-electron chi connectivity index (χ0n) is 25.8. The van der Waals surface area contributed by atoms with Crippen LogP contribution in [0.4, 0.5) is 0 Å². The van der Waals surface area contributed by atoms with Crippen LogP contribution in [-0.2, 0) is 25.5 Å². The summed E-state index contributed by atoms with van der Waals surface area (Å²) in [4.78, 5) is 42.6. The first kappa shape index (κ1) is 30.4. The number of phenolic OH excluding ortho intramolecular Hbond substituents is 1. The van der Waals surface area contributed by atoms with E-state index >= 15 is 0 Å². The number of piperazine rings is 1. The number of cyclic esters (lactones) is 1. The van der Waals surface area contributed by atoms with Crippen LogP contribution in [0.2, 0.25) is 0 Å². The molecule has 12 nitrogen and oxygen atoms in total. The Morgan fingerprint density at radius 2 is 1.96 bits per heavy atom. The molecule has 13 heteroatoms. The number of hydrogen-bond acceptors (Lipinski definition) is 13. The Kier molecular flexibility index (Phi) is 7.42. The van der Waals surface area contributed by atoms with E-state index in [1.165, 1.54) is 25.8 Å². The fourth-order valence-electron chi connectivity index (χ4n) is 8.14. The number of carbonyl (C=O) groups excluding carboxylic acids is 3. The number of benzene rings is 2. The molecule has 0 aromatic heterocycles. The highest BCUT2D eigenvalue weighted by atomic mass is 32.2. The number of hydrogen-bond donors (Lipinski definition) is 1. The highest BCUT2D eigenvalue weighted by molar-refractivity contribution is 8.00. The van der Waals surface area contributed by atoms with Crippen LogP contribution < -0.4 is 18.9 Å². The molecule has 2 saturated heterocycles. The number of carbonyl (C=O) groups is 3. The molecule has 4 bridgehead atoms. The number of ether oxygens (including phenoxy) is 5. The van der Waals surface area contributed by atoms with Gasteiger partial charge in [-0.15, -0.1) is 18.3 Å². The molecule has 5 heterocycles. The average Bonchev–Trinajstić information content (AvgIpc) is 3.51. The number of methoxy groups -OCH3 is 1. The molecule has 0 amide bonds. The normalized spacial score (nSPS) is 27.9. The summed E-state index contributed by atoms with van der Waals surface area (Å²) in [6, 6.07) is 1.62. The lowest BCUT2D eigenvalue weighted by atomic mass is 9.71. The first-order valence-corrected chi connectivity index (χ1v) is 16.1. The maximum atomic E-state index is 13.0. The van der Waals surface area contributed by atoms with E-state index in [0.29, 0.717) is 52.5 Å². The second-order valence-electron chi connectivity index (χ2n) is 12.1. The number of fused-ring (bicyclic) bond motifs is 9. The van der Waals surface area contributed by atoms with Crippen LogP contribution in [0.15, 0.2) is 18.7 Å². The van der Waals surface area contributed by atoms with Gasteiger partial charge in [0.05, 0.1) is 36.3 Å². The van der Waals surface area contributed by atoms with E-state index in [-0.39, 0.29) is 36.7 Å². The van der Waals surface area contributed by atoms with Crippen LogP contribution in [0.5, 0.6) is 28.7 Å². The van der Waals surface area contributed by atoms with Gasteiger partial charge in [0, 0.05) is 47.8 Å². The molecule has 240 valence electrons. The topological polar surface area (TPSA) is 148 Å². The van der Waals surface area contributed by atoms with Crippen molar-refractivity contribution in [2.75, 3.05) is 32.8 Å². The predicted octanol–water partition coefficient (Wildman–Crippen LogP) is 3.36. The van der Waals surface area contributed by atoms with E-state index in [1.54, 1.807) is 13.0 Å². The molecular weight excluding hydrogens is 614 g/mol. The van der Waals surface area contributed by atoms with Gasteiger partial charge in [0.15, 0.2) is 23.0 Å². The van der Waals surface area contributed by atoms with Crippen molar-refractivity contribution in [2.24, 2.45) is 0 Å². The number of aryl methyl sites for hydroxylation is 1. The summed E-state index contributed by atoms with van der Waals surface area (Å²) < 4.78 is 29.2. The maximum Gasteiger partial charge on any atom is 0.375 e. The summed E-state index contributed by atoms with van der Waals surface area (Å²) in [5.41, 5.74) is 4.08. The first-order chi connectivity index (χ1) is 22.1. The molecule has 2 aromatic carbocycles. The number of nitrogens with zero attached hydrogens (tertiary/aromatic N) is 3. The third-order valence-electron chi connectivity index (χ3n) is 9.70. The fourth-order valence-corrected chi connectivity index (χ4v) is 9.48. The quantitative estimate of drug-likeness (QED) is 0.224. The summed E-state index contributed by atoms with van der Waals surface area (Å²) in [5.74, 6) is -0.956. The minimum atomic E-state index is -0.957. The number of thioether (sulfide) groups is 1. The van der Waals surface area contributed by atoms with E-state index in [2.05, 4.69) is 22.4 Å². The lowest BCUT2D eigenvalue weighted by Gasteiger charge is -2.62. The molecular formula is C33H33N3O9S. The molecule has 0 aliphatic carbocycles. The largest absolute Gasteiger partial charge is 0.504 e. The van der Waals surface area contributed by atoms with Crippen LogP contribution in [0, 0.1) is 25.2 Å². The van der Waals surface area contributed by atoms with Crippen molar-refractivity contribution >= 4 is 29.5 Å². The fraction of sp³-hybridized carbons (Fsp3) is 0.455. The van der Waals surface area contributed by atoms with Gasteiger partial charge in [-0.05, 0) is 31.4 Å². The van der Waals surface area contributed by atoms with Crippen LogP contribution in [0.1, 0.15) is 57.6 Å². The molecule has 2 aromatic rings. The van der Waals surface area contributed by atoms with Crippen molar-refractivity contribution < 1.29 is 43.2 Å². The Labute approximate surface area is 269 Å². The third-order valence-corrected chi connectivity index (χ3v) is 11.0. The van der Waals surface area contributed by atoms with Gasteiger partial charge >= 0.3 is 11.9 Å². The van der Waals surface area contributed by atoms with Crippen LogP contribution in [0.25, 0.3) is 0 Å². The minimum absolute atomic E-state index is 0.00754. The summed E-state index contributed by atoms with van der Waals surface area (Å²) in [6.45, 7) is 9.04. The summed E-state index contributed by atoms with van der Waals surface area (Å²) in [6.07, 6.45) is 2.23. The average molecular weight is 648 g/mol. The first-order valence-electron chi connectivity index (χ1n) is 15.0. The second kappa shape index (κ2) is 11.2. The smallest absolute Gasteiger partial charge is 0.375 e. The van der Waals surface area contributed by atoms with Gasteiger partial charge in [0.25, 0.3) is 0 Å². The third kappa shape index (κ3) is 4.23. The highest BCUT2D eigenvalue weighted by Crippen LogP contribution is 2.64. The number of ketones is 1. The number of nitriles is 1. The molecule has 5 aliphatic rings. The van der Waals surface area contributed by atoms with Gasteiger partial charge in [-0.3, -0.25) is 19.4 Å². The summed E-state index contributed by atoms with van der Waals surface area (Å²) in [5, 5.41) is 22.1. The van der Waals surface area contributed by atoms with Crippen molar-refractivity contribution in [3.8, 4) is 34.8 Å². The second-order valence-corrected chi connectivity index (χ2v) is 13.2. The van der Waals surface area contributed by atoms with E-state index in [9.17, 15) is 24.8 Å². The monoisotopic (exact) mass is 647 g/mol. The number of rotatable bonds is 4. The molecule has 1 unspecified atom stereocenters. The van der Waals surface area contributed by atoms with E-state index in [4.69, 9.17) is 23.7 Å². The van der Waals surface area contributed by atoms with Crippen molar-refractivity contribution in [3.63, 3.8) is 0 Å². The van der Waals surface area contributed by atoms with E-state index in [1.807, 2.05) is 13.0 Å². The highest BCUT2D eigenvalue weighted by Gasteiger charge is 2.61. The number of phenols is 1. The summed E-state index contributed by atoms with van der Waals surface area (Å²) >= 11 is 1.21. The molecule has 0 radical (unpaired) electrons. The van der Waals surface area contributed by atoms with Gasteiger partial charge in [0.2, 0.25) is 12.6 Å². The molecule has 46 heavy (non-hydrogen) atoms. The molecule has 6 atom stereocenters. The number of Topliss-reactive ketones (excluding diaryl/α,β-unsaturated/α-hetero) is 1. The Balaban J connectivity index is 1.58. The molecule has 0 saturated carbocycles. The lowest BCUT2D eigenvalue weighted by molar-refractivity contribution is -0.157. The van der Waals surface area contributed by atoms with E-state index < -0.39 is 47.1 Å². The Bertz CT molecular complexity index is 1750. The molecule has 1 N–H and O–H groups in total. The van der Waals surface area contributed by atoms with Gasteiger partial charge in [0.1, 0.15) is 18.4 Å². The van der Waals surface area contributed by atoms with Crippen molar-refractivity contribution in [1.29, 1.82) is 5.26 Å². The zero-order chi connectivity index (χ0) is 32.6. The minimum Gasteiger partial charge on any atom is -0.504 e. The number of aromatic hydroxyl groups is 1. The van der Waals surface area contributed by atoms with Gasteiger partial charge in [-0.2, -0.15) is 5.26 Å². The molecule has 7 rings (SSSR count). The Hall–Kier alpha value is -4.25. The van der Waals surface area contributed by atoms with Gasteiger partial charge in [-0.25, -0.2) is 4.79 Å². The molecule has 0 spiro atoms. The maximum absolute atomic E-state index is 13.0. The Morgan fingerprint density at radius 3 is 2.65 bits per heavy atom. The molecule has 5 aliphatic heterocycles. The predicted molar refractivity (Wildman–Crippen MR) is 164 cm³/mol.